The van der Waals surface area contributed by atoms with Gasteiger partial charge in [0.25, 0.3) is 5.91 Å². The predicted molar refractivity (Wildman–Crippen MR) is 83.9 cm³/mol. The van der Waals surface area contributed by atoms with Gasteiger partial charge in [-0.15, -0.1) is 0 Å². The van der Waals surface area contributed by atoms with E-state index in [4.69, 9.17) is 0 Å². The van der Waals surface area contributed by atoms with Gasteiger partial charge in [0, 0.05) is 17.6 Å². The van der Waals surface area contributed by atoms with Gasteiger partial charge in [0.2, 0.25) is 0 Å². The van der Waals surface area contributed by atoms with E-state index in [1.54, 1.807) is 12.1 Å². The minimum absolute atomic E-state index is 0.0202. The van der Waals surface area contributed by atoms with Gasteiger partial charge < -0.3 is 10.0 Å². The Morgan fingerprint density at radius 3 is 2.55 bits per heavy atom. The van der Waals surface area contributed by atoms with Crippen molar-refractivity contribution in [3.8, 4) is 0 Å². The van der Waals surface area contributed by atoms with E-state index in [2.05, 4.69) is 0 Å². The topological polar surface area (TPSA) is 57.6 Å². The Bertz CT molecular complexity index is 577. The third kappa shape index (κ3) is 2.40. The summed E-state index contributed by atoms with van der Waals surface area (Å²) >= 11 is 0. The quantitative estimate of drug-likeness (QED) is 0.930. The number of fused-ring (bicyclic) bond motifs is 1. The zero-order valence-corrected chi connectivity index (χ0v) is 13.0. The second kappa shape index (κ2) is 6.11. The van der Waals surface area contributed by atoms with Crippen LogP contribution in [0.4, 0.5) is 0 Å². The standard InChI is InChI=1S/C18H23NO3/c1-2-15-16(18(21)22)13-10-6-7-11-14(13)17(20)19(15)12-8-4-3-5-9-12/h6-7,10-12,15-16H,2-5,8-9H2,1H3,(H,21,22). The predicted octanol–water partition coefficient (Wildman–Crippen LogP) is 3.42. The second-order valence-corrected chi connectivity index (χ2v) is 6.38. The maximum absolute atomic E-state index is 13.0. The number of carboxylic acids is 1. The van der Waals surface area contributed by atoms with E-state index in [0.717, 1.165) is 25.7 Å². The van der Waals surface area contributed by atoms with Crippen molar-refractivity contribution in [1.82, 2.24) is 4.90 Å². The average molecular weight is 301 g/mol. The molecule has 1 aliphatic carbocycles. The lowest BCUT2D eigenvalue weighted by Gasteiger charge is -2.45. The SMILES string of the molecule is CCC1C(C(=O)O)c2ccccc2C(=O)N1C1CCCCC1. The Morgan fingerprint density at radius 1 is 1.23 bits per heavy atom. The van der Waals surface area contributed by atoms with Crippen molar-refractivity contribution in [1.29, 1.82) is 0 Å². The molecule has 3 rings (SSSR count). The first kappa shape index (κ1) is 15.1. The fourth-order valence-corrected chi connectivity index (χ4v) is 4.15. The van der Waals surface area contributed by atoms with Gasteiger partial charge in [0.05, 0.1) is 0 Å². The number of benzene rings is 1. The number of hydrogen-bond acceptors (Lipinski definition) is 2. The lowest BCUT2D eigenvalue weighted by molar-refractivity contribution is -0.140. The van der Waals surface area contributed by atoms with Crippen molar-refractivity contribution >= 4 is 11.9 Å². The molecule has 4 heteroatoms. The third-order valence-electron chi connectivity index (χ3n) is 5.16. The van der Waals surface area contributed by atoms with Crippen LogP contribution in [0.5, 0.6) is 0 Å². The molecule has 22 heavy (non-hydrogen) atoms. The molecule has 1 fully saturated rings. The summed E-state index contributed by atoms with van der Waals surface area (Å²) < 4.78 is 0. The van der Waals surface area contributed by atoms with E-state index >= 15 is 0 Å². The number of rotatable bonds is 3. The van der Waals surface area contributed by atoms with Gasteiger partial charge in [-0.1, -0.05) is 44.4 Å². The molecule has 1 heterocycles. The number of carbonyl (C=O) groups is 2. The van der Waals surface area contributed by atoms with Crippen molar-refractivity contribution in [2.75, 3.05) is 0 Å². The molecule has 2 aliphatic rings. The molecule has 1 aliphatic heterocycles. The number of aliphatic carboxylic acids is 1. The molecular weight excluding hydrogens is 278 g/mol. The van der Waals surface area contributed by atoms with E-state index in [-0.39, 0.29) is 18.0 Å². The molecule has 0 saturated heterocycles. The summed E-state index contributed by atoms with van der Waals surface area (Å²) in [6.45, 7) is 1.98. The Balaban J connectivity index is 2.06. The largest absolute Gasteiger partial charge is 0.481 e. The number of carbonyl (C=O) groups excluding carboxylic acids is 1. The van der Waals surface area contributed by atoms with Crippen molar-refractivity contribution < 1.29 is 14.7 Å². The van der Waals surface area contributed by atoms with Gasteiger partial charge >= 0.3 is 5.97 Å². The highest BCUT2D eigenvalue weighted by atomic mass is 16.4. The highest BCUT2D eigenvalue weighted by Crippen LogP contribution is 2.38. The normalized spacial score (nSPS) is 25.9. The number of nitrogens with zero attached hydrogens (tertiary/aromatic N) is 1. The molecule has 1 saturated carbocycles. The maximum Gasteiger partial charge on any atom is 0.313 e. The minimum Gasteiger partial charge on any atom is -0.481 e. The van der Waals surface area contributed by atoms with Gasteiger partial charge in [0.15, 0.2) is 0 Å². The average Bonchev–Trinajstić information content (AvgIpc) is 2.55. The summed E-state index contributed by atoms with van der Waals surface area (Å²) in [4.78, 5) is 26.8. The monoisotopic (exact) mass is 301 g/mol. The van der Waals surface area contributed by atoms with E-state index in [1.165, 1.54) is 6.42 Å². The molecule has 0 bridgehead atoms. The van der Waals surface area contributed by atoms with Gasteiger partial charge in [-0.2, -0.15) is 0 Å². The Kier molecular flexibility index (Phi) is 4.19. The zero-order chi connectivity index (χ0) is 15.7. The molecule has 2 atom stereocenters. The number of hydrogen-bond donors (Lipinski definition) is 1. The summed E-state index contributed by atoms with van der Waals surface area (Å²) in [5, 5.41) is 9.75. The number of amides is 1. The minimum atomic E-state index is -0.826. The van der Waals surface area contributed by atoms with Gasteiger partial charge in [-0.05, 0) is 30.9 Å². The molecular formula is C18H23NO3. The highest BCUT2D eigenvalue weighted by molar-refractivity contribution is 6.00. The first-order valence-electron chi connectivity index (χ1n) is 8.29. The first-order chi connectivity index (χ1) is 10.6. The van der Waals surface area contributed by atoms with Crippen LogP contribution in [-0.4, -0.2) is 34.0 Å². The molecule has 0 spiro atoms. The van der Waals surface area contributed by atoms with E-state index in [1.807, 2.05) is 24.0 Å². The van der Waals surface area contributed by atoms with Crippen LogP contribution in [0.25, 0.3) is 0 Å². The number of carboxylic acid groups (broad SMARTS) is 1. The van der Waals surface area contributed by atoms with Gasteiger partial charge in [0.1, 0.15) is 5.92 Å². The molecule has 118 valence electrons. The second-order valence-electron chi connectivity index (χ2n) is 6.38. The Hall–Kier alpha value is -1.84. The summed E-state index contributed by atoms with van der Waals surface area (Å²) in [6, 6.07) is 7.18. The molecule has 1 aromatic carbocycles. The lowest BCUT2D eigenvalue weighted by Crippen LogP contribution is -2.54. The van der Waals surface area contributed by atoms with Crippen molar-refractivity contribution in [2.45, 2.75) is 63.5 Å². The zero-order valence-electron chi connectivity index (χ0n) is 13.0. The van der Waals surface area contributed by atoms with E-state index < -0.39 is 11.9 Å². The van der Waals surface area contributed by atoms with E-state index in [9.17, 15) is 14.7 Å². The van der Waals surface area contributed by atoms with Gasteiger partial charge in [-0.3, -0.25) is 9.59 Å². The highest BCUT2D eigenvalue weighted by Gasteiger charge is 2.44. The fraction of sp³-hybridized carbons (Fsp3) is 0.556. The fourth-order valence-electron chi connectivity index (χ4n) is 4.15. The van der Waals surface area contributed by atoms with E-state index in [0.29, 0.717) is 17.5 Å². The summed E-state index contributed by atoms with van der Waals surface area (Å²) in [5.41, 5.74) is 1.25. The summed E-state index contributed by atoms with van der Waals surface area (Å²) in [6.07, 6.45) is 6.14. The maximum atomic E-state index is 13.0. The first-order valence-corrected chi connectivity index (χ1v) is 8.29. The Morgan fingerprint density at radius 2 is 1.91 bits per heavy atom. The lowest BCUT2D eigenvalue weighted by atomic mass is 9.79. The van der Waals surface area contributed by atoms with Crippen molar-refractivity contribution in [2.24, 2.45) is 0 Å². The molecule has 1 amide bonds. The molecule has 0 aromatic heterocycles. The van der Waals surface area contributed by atoms with Crippen LogP contribution in [0.15, 0.2) is 24.3 Å². The summed E-state index contributed by atoms with van der Waals surface area (Å²) in [7, 11) is 0. The molecule has 1 aromatic rings. The molecule has 4 nitrogen and oxygen atoms in total. The molecule has 0 radical (unpaired) electrons. The van der Waals surface area contributed by atoms with Crippen LogP contribution in [0.1, 0.15) is 67.3 Å². The van der Waals surface area contributed by atoms with Crippen LogP contribution < -0.4 is 0 Å². The summed E-state index contributed by atoms with van der Waals surface area (Å²) in [5.74, 6) is -1.42. The van der Waals surface area contributed by atoms with Crippen molar-refractivity contribution in [3.05, 3.63) is 35.4 Å². The smallest absolute Gasteiger partial charge is 0.313 e. The molecule has 2 unspecified atom stereocenters. The van der Waals surface area contributed by atoms with Crippen LogP contribution >= 0.6 is 0 Å². The molecule has 1 N–H and O–H groups in total. The Labute approximate surface area is 131 Å². The van der Waals surface area contributed by atoms with Crippen LogP contribution in [0, 0.1) is 0 Å². The van der Waals surface area contributed by atoms with Crippen molar-refractivity contribution in [3.63, 3.8) is 0 Å². The van der Waals surface area contributed by atoms with Crippen LogP contribution in [0.2, 0.25) is 0 Å². The van der Waals surface area contributed by atoms with Crippen LogP contribution in [-0.2, 0) is 4.79 Å². The van der Waals surface area contributed by atoms with Crippen LogP contribution in [0.3, 0.4) is 0 Å². The third-order valence-corrected chi connectivity index (χ3v) is 5.16. The van der Waals surface area contributed by atoms with Gasteiger partial charge in [-0.25, -0.2) is 0 Å².